The monoisotopic (exact) mass is 639 g/mol. The number of nitrogens with zero attached hydrogens (tertiary/aromatic N) is 1. The second-order valence-electron chi connectivity index (χ2n) is 12.8. The van der Waals surface area contributed by atoms with Crippen LogP contribution in [-0.2, 0) is 0 Å². The highest BCUT2D eigenvalue weighted by molar-refractivity contribution is 6.25. The van der Waals surface area contributed by atoms with Gasteiger partial charge in [0, 0.05) is 6.20 Å². The van der Waals surface area contributed by atoms with E-state index in [-0.39, 0.29) is 0 Å². The fourth-order valence-electron chi connectivity index (χ4n) is 7.30. The smallest absolute Gasteiger partial charge is 0.263 e. The summed E-state index contributed by atoms with van der Waals surface area (Å²) < 4.78 is 12.1. The van der Waals surface area contributed by atoms with E-state index >= 15 is 0 Å². The molecular weight excluding hydrogens is 611 g/mol. The first kappa shape index (κ1) is 28.3. The number of rotatable bonds is 4. The van der Waals surface area contributed by atoms with E-state index in [2.05, 4.69) is 151 Å². The Hall–Kier alpha value is -6.71. The lowest BCUT2D eigenvalue weighted by Gasteiger charge is -2.20. The van der Waals surface area contributed by atoms with Gasteiger partial charge in [-0.2, -0.15) is 0 Å². The Morgan fingerprint density at radius 2 is 0.760 bits per heavy atom. The minimum absolute atomic E-state index is 0.482. The van der Waals surface area contributed by atoms with Crippen molar-refractivity contribution in [1.29, 1.82) is 0 Å². The van der Waals surface area contributed by atoms with Gasteiger partial charge in [0.25, 0.3) is 5.88 Å². The van der Waals surface area contributed by atoms with Crippen LogP contribution in [0.3, 0.4) is 0 Å². The molecule has 0 N–H and O–H groups in total. The second-order valence-corrected chi connectivity index (χ2v) is 12.8. The molecule has 0 saturated carbocycles. The maximum Gasteiger partial charge on any atom is 0.263 e. The Bertz CT molecular complexity index is 2730. The highest BCUT2D eigenvalue weighted by Gasteiger charge is 2.20. The summed E-state index contributed by atoms with van der Waals surface area (Å²) in [6, 6.07) is 60.4. The third-order valence-electron chi connectivity index (χ3n) is 9.79. The zero-order valence-electron chi connectivity index (χ0n) is 27.0. The van der Waals surface area contributed by atoms with Crippen LogP contribution in [-0.4, -0.2) is 4.98 Å². The zero-order valence-corrected chi connectivity index (χ0v) is 27.0. The molecule has 2 heterocycles. The van der Waals surface area contributed by atoms with Gasteiger partial charge >= 0.3 is 0 Å². The standard InChI is InChI=1S/C47H29NO2/c1-2-14-40-38(12-1)39-13-3-4-15-41(39)43-28-36(21-23-42(40)43)31-19-17-30(18-20-31)32-8-5-9-33(26-32)34-10-6-11-35(27-34)37-22-24-44-46(29-37)50-47-45(49-44)16-7-25-48-47/h1-29H. The number of hydrogen-bond acceptors (Lipinski definition) is 3. The number of ether oxygens (including phenoxy) is 2. The largest absolute Gasteiger partial charge is 0.448 e. The summed E-state index contributed by atoms with van der Waals surface area (Å²) in [6.45, 7) is 0. The quantitative estimate of drug-likeness (QED) is 0.180. The summed E-state index contributed by atoms with van der Waals surface area (Å²) in [5.41, 5.74) is 9.26. The van der Waals surface area contributed by atoms with Gasteiger partial charge in [0.2, 0.25) is 0 Å². The van der Waals surface area contributed by atoms with Crippen molar-refractivity contribution in [2.24, 2.45) is 0 Å². The van der Waals surface area contributed by atoms with E-state index in [1.54, 1.807) is 6.20 Å². The Balaban J connectivity index is 0.951. The molecule has 0 fully saturated rings. The van der Waals surface area contributed by atoms with Crippen molar-refractivity contribution in [1.82, 2.24) is 4.98 Å². The van der Waals surface area contributed by atoms with Crippen LogP contribution in [0, 0.1) is 0 Å². The minimum Gasteiger partial charge on any atom is -0.448 e. The van der Waals surface area contributed by atoms with Gasteiger partial charge in [0.1, 0.15) is 0 Å². The first-order chi connectivity index (χ1) is 24.7. The highest BCUT2D eigenvalue weighted by atomic mass is 16.6. The van der Waals surface area contributed by atoms with Crippen molar-refractivity contribution in [2.45, 2.75) is 0 Å². The van der Waals surface area contributed by atoms with Crippen LogP contribution in [0.25, 0.3) is 76.8 Å². The normalized spacial score (nSPS) is 11.9. The Kier molecular flexibility index (Phi) is 6.49. The molecule has 10 rings (SSSR count). The van der Waals surface area contributed by atoms with Gasteiger partial charge in [0.15, 0.2) is 17.2 Å². The van der Waals surface area contributed by atoms with Gasteiger partial charge in [0.05, 0.1) is 0 Å². The predicted molar refractivity (Wildman–Crippen MR) is 205 cm³/mol. The second kappa shape index (κ2) is 11.5. The summed E-state index contributed by atoms with van der Waals surface area (Å²) in [5, 5.41) is 7.76. The molecule has 8 aromatic carbocycles. The van der Waals surface area contributed by atoms with Crippen molar-refractivity contribution in [3.05, 3.63) is 176 Å². The molecule has 9 aromatic rings. The van der Waals surface area contributed by atoms with Crippen LogP contribution in [0.15, 0.2) is 176 Å². The van der Waals surface area contributed by atoms with E-state index in [9.17, 15) is 0 Å². The van der Waals surface area contributed by atoms with Crippen molar-refractivity contribution in [3.63, 3.8) is 0 Å². The maximum absolute atomic E-state index is 6.07. The summed E-state index contributed by atoms with van der Waals surface area (Å²) >= 11 is 0. The fourth-order valence-corrected chi connectivity index (χ4v) is 7.30. The van der Waals surface area contributed by atoms with Crippen molar-refractivity contribution in [2.75, 3.05) is 0 Å². The lowest BCUT2D eigenvalue weighted by Crippen LogP contribution is -2.00. The minimum atomic E-state index is 0.482. The predicted octanol–water partition coefficient (Wildman–Crippen LogP) is 13.1. The molecule has 0 amide bonds. The van der Waals surface area contributed by atoms with Gasteiger partial charge in [-0.3, -0.25) is 0 Å². The number of pyridine rings is 1. The van der Waals surface area contributed by atoms with Crippen molar-refractivity contribution >= 4 is 32.3 Å². The molecule has 1 aromatic heterocycles. The van der Waals surface area contributed by atoms with Gasteiger partial charge in [-0.25, -0.2) is 4.98 Å². The maximum atomic E-state index is 6.07. The number of benzene rings is 8. The number of fused-ring (bicyclic) bond motifs is 8. The highest BCUT2D eigenvalue weighted by Crippen LogP contribution is 2.45. The average molecular weight is 640 g/mol. The van der Waals surface area contributed by atoms with E-state index in [4.69, 9.17) is 9.47 Å². The molecular formula is C47H29NO2. The van der Waals surface area contributed by atoms with Crippen LogP contribution >= 0.6 is 0 Å². The molecule has 0 bridgehead atoms. The van der Waals surface area contributed by atoms with Gasteiger partial charge in [-0.15, -0.1) is 0 Å². The Labute approximate surface area is 289 Å². The number of hydrogen-bond donors (Lipinski definition) is 0. The molecule has 0 unspecified atom stereocenters. The first-order valence-electron chi connectivity index (χ1n) is 16.8. The lowest BCUT2D eigenvalue weighted by atomic mass is 9.91. The van der Waals surface area contributed by atoms with Crippen LogP contribution in [0.4, 0.5) is 0 Å². The average Bonchev–Trinajstić information content (AvgIpc) is 3.20. The molecule has 3 heteroatoms. The van der Waals surface area contributed by atoms with Crippen LogP contribution in [0.2, 0.25) is 0 Å². The van der Waals surface area contributed by atoms with Crippen LogP contribution in [0.1, 0.15) is 0 Å². The molecule has 234 valence electrons. The molecule has 0 spiro atoms. The van der Waals surface area contributed by atoms with Gasteiger partial charge in [-0.1, -0.05) is 127 Å². The SMILES string of the molecule is c1cc(-c2ccc(-c3ccc4c5ccccc5c5ccccc5c4c3)cc2)cc(-c2cccc(-c3ccc4c(c3)Oc3ncccc3O4)c2)c1. The van der Waals surface area contributed by atoms with Gasteiger partial charge in [-0.05, 0) is 119 Å². The van der Waals surface area contributed by atoms with Gasteiger partial charge < -0.3 is 9.47 Å². The van der Waals surface area contributed by atoms with E-state index in [0.29, 0.717) is 23.1 Å². The van der Waals surface area contributed by atoms with Crippen molar-refractivity contribution in [3.8, 4) is 67.6 Å². The molecule has 0 radical (unpaired) electrons. The Morgan fingerprint density at radius 1 is 0.280 bits per heavy atom. The topological polar surface area (TPSA) is 31.4 Å². The van der Waals surface area contributed by atoms with E-state index in [0.717, 1.165) is 22.3 Å². The Morgan fingerprint density at radius 3 is 1.38 bits per heavy atom. The van der Waals surface area contributed by atoms with E-state index < -0.39 is 0 Å². The van der Waals surface area contributed by atoms with Crippen LogP contribution in [0.5, 0.6) is 23.1 Å². The summed E-state index contributed by atoms with van der Waals surface area (Å²) in [4.78, 5) is 4.31. The molecule has 50 heavy (non-hydrogen) atoms. The fraction of sp³-hybridized carbons (Fsp3) is 0. The first-order valence-corrected chi connectivity index (χ1v) is 16.8. The third-order valence-corrected chi connectivity index (χ3v) is 9.79. The van der Waals surface area contributed by atoms with E-state index in [1.807, 2.05) is 24.3 Å². The third kappa shape index (κ3) is 4.79. The molecule has 1 aliphatic heterocycles. The molecule has 0 saturated heterocycles. The van der Waals surface area contributed by atoms with Crippen molar-refractivity contribution < 1.29 is 9.47 Å². The summed E-state index contributed by atoms with van der Waals surface area (Å²) in [5.74, 6) is 2.46. The summed E-state index contributed by atoms with van der Waals surface area (Å²) in [6.07, 6.45) is 1.71. The number of aromatic nitrogens is 1. The molecule has 3 nitrogen and oxygen atoms in total. The molecule has 0 atom stereocenters. The molecule has 0 aliphatic carbocycles. The lowest BCUT2D eigenvalue weighted by molar-refractivity contribution is 0.348. The van der Waals surface area contributed by atoms with Crippen LogP contribution < -0.4 is 9.47 Å². The summed E-state index contributed by atoms with van der Waals surface area (Å²) in [7, 11) is 0. The van der Waals surface area contributed by atoms with E-state index in [1.165, 1.54) is 54.6 Å². The zero-order chi connectivity index (χ0) is 33.0. The molecule has 1 aliphatic rings.